The maximum absolute atomic E-state index is 13.7. The fourth-order valence-electron chi connectivity index (χ4n) is 5.06. The Balaban J connectivity index is 1.50. The Morgan fingerprint density at radius 3 is 2.70 bits per heavy atom. The number of aromatic nitrogens is 2. The van der Waals surface area contributed by atoms with Crippen molar-refractivity contribution in [2.24, 2.45) is 0 Å². The Hall–Kier alpha value is -3.46. The topological polar surface area (TPSA) is 80.1 Å². The van der Waals surface area contributed by atoms with Crippen LogP contribution in [-0.4, -0.2) is 77.1 Å². The lowest BCUT2D eigenvalue weighted by atomic mass is 10.0. The van der Waals surface area contributed by atoms with Gasteiger partial charge in [0.25, 0.3) is 0 Å². The second-order valence-corrected chi connectivity index (χ2v) is 10.9. The van der Waals surface area contributed by atoms with Crippen LogP contribution in [-0.2, 0) is 17.9 Å². The number of likely N-dealkylation sites (N-methyl/N-ethyl adjacent to an activating group) is 1. The van der Waals surface area contributed by atoms with Gasteiger partial charge in [-0.2, -0.15) is 0 Å². The van der Waals surface area contributed by atoms with Gasteiger partial charge < -0.3 is 28.7 Å². The molecule has 1 aliphatic heterocycles. The SMILES string of the molecule is CCCCCOc1ccc(C(C)N2CCCN(Cc3ccnc4c3c(Cl)cn4CC(=O)N(C)C)C2=O)cc1OC. The van der Waals surface area contributed by atoms with Crippen molar-refractivity contribution in [3.05, 3.63) is 52.8 Å². The van der Waals surface area contributed by atoms with E-state index >= 15 is 0 Å². The first-order valence-electron chi connectivity index (χ1n) is 13.9. The second kappa shape index (κ2) is 13.3. The molecule has 2 aromatic heterocycles. The normalized spacial score (nSPS) is 14.5. The molecule has 40 heavy (non-hydrogen) atoms. The molecule has 216 valence electrons. The highest BCUT2D eigenvalue weighted by Gasteiger charge is 2.31. The van der Waals surface area contributed by atoms with Crippen LogP contribution in [0, 0.1) is 0 Å². The van der Waals surface area contributed by atoms with Gasteiger partial charge in [-0.15, -0.1) is 0 Å². The number of fused-ring (bicyclic) bond motifs is 1. The molecule has 0 saturated carbocycles. The van der Waals surface area contributed by atoms with Crippen molar-refractivity contribution in [3.8, 4) is 11.5 Å². The number of ether oxygens (including phenoxy) is 2. The van der Waals surface area contributed by atoms with E-state index in [1.807, 2.05) is 41.0 Å². The lowest BCUT2D eigenvalue weighted by Gasteiger charge is -2.39. The van der Waals surface area contributed by atoms with E-state index in [-0.39, 0.29) is 24.5 Å². The summed E-state index contributed by atoms with van der Waals surface area (Å²) in [5.41, 5.74) is 2.53. The molecule has 1 unspecified atom stereocenters. The molecule has 1 aliphatic rings. The van der Waals surface area contributed by atoms with Crippen LogP contribution in [0.5, 0.6) is 11.5 Å². The van der Waals surface area contributed by atoms with Crippen molar-refractivity contribution >= 4 is 34.6 Å². The number of urea groups is 1. The van der Waals surface area contributed by atoms with Crippen molar-refractivity contribution in [2.45, 2.75) is 58.7 Å². The molecule has 10 heteroatoms. The minimum Gasteiger partial charge on any atom is -0.493 e. The van der Waals surface area contributed by atoms with E-state index in [1.54, 1.807) is 38.2 Å². The van der Waals surface area contributed by atoms with Crippen LogP contribution < -0.4 is 9.47 Å². The van der Waals surface area contributed by atoms with Gasteiger partial charge in [0.05, 0.1) is 24.8 Å². The van der Waals surface area contributed by atoms with E-state index in [2.05, 4.69) is 11.9 Å². The number of halogens is 1. The van der Waals surface area contributed by atoms with Crippen LogP contribution in [0.2, 0.25) is 5.02 Å². The highest BCUT2D eigenvalue weighted by atomic mass is 35.5. The summed E-state index contributed by atoms with van der Waals surface area (Å²) < 4.78 is 13.3. The molecule has 1 atom stereocenters. The van der Waals surface area contributed by atoms with Crippen molar-refractivity contribution in [3.63, 3.8) is 0 Å². The van der Waals surface area contributed by atoms with Gasteiger partial charge in [-0.25, -0.2) is 9.78 Å². The Labute approximate surface area is 241 Å². The minimum atomic E-state index is -0.141. The van der Waals surface area contributed by atoms with Crippen LogP contribution in [0.15, 0.2) is 36.7 Å². The summed E-state index contributed by atoms with van der Waals surface area (Å²) >= 11 is 6.63. The van der Waals surface area contributed by atoms with Gasteiger partial charge in [-0.3, -0.25) is 4.79 Å². The molecule has 1 aromatic carbocycles. The zero-order valence-corrected chi connectivity index (χ0v) is 24.9. The fraction of sp³-hybridized carbons (Fsp3) is 0.500. The molecular formula is C30H40ClN5O4. The fourth-order valence-corrected chi connectivity index (χ4v) is 5.39. The third-order valence-electron chi connectivity index (χ3n) is 7.45. The third kappa shape index (κ3) is 6.46. The quantitative estimate of drug-likeness (QED) is 0.260. The maximum atomic E-state index is 13.7. The Kier molecular flexibility index (Phi) is 9.79. The number of nitrogens with zero attached hydrogens (tertiary/aromatic N) is 5. The number of pyridine rings is 1. The van der Waals surface area contributed by atoms with Crippen LogP contribution in [0.3, 0.4) is 0 Å². The zero-order chi connectivity index (χ0) is 28.8. The summed E-state index contributed by atoms with van der Waals surface area (Å²) in [7, 11) is 5.08. The molecule has 0 bridgehead atoms. The maximum Gasteiger partial charge on any atom is 0.320 e. The van der Waals surface area contributed by atoms with Gasteiger partial charge in [-0.05, 0) is 49.1 Å². The van der Waals surface area contributed by atoms with Gasteiger partial charge in [0.2, 0.25) is 5.91 Å². The number of methoxy groups -OCH3 is 1. The molecule has 1 fully saturated rings. The van der Waals surface area contributed by atoms with E-state index in [1.165, 1.54) is 4.90 Å². The van der Waals surface area contributed by atoms with E-state index in [4.69, 9.17) is 21.1 Å². The standard InChI is InChI=1S/C30H40ClN5O4/c1-6-7-8-16-40-25-11-10-22(17-26(25)39-5)21(2)36-15-9-14-34(30(36)38)18-23-12-13-32-29-28(23)24(31)19-35(29)20-27(37)33(3)4/h10-13,17,19,21H,6-9,14-16,18,20H2,1-5H3. The summed E-state index contributed by atoms with van der Waals surface area (Å²) in [6, 6.07) is 7.64. The average molecular weight is 570 g/mol. The number of carbonyl (C=O) groups excluding carboxylic acids is 2. The minimum absolute atomic E-state index is 0.0269. The van der Waals surface area contributed by atoms with Crippen LogP contribution in [0.1, 0.15) is 56.7 Å². The summed E-state index contributed by atoms with van der Waals surface area (Å²) in [6.07, 6.45) is 7.57. The van der Waals surface area contributed by atoms with Crippen LogP contribution in [0.4, 0.5) is 4.79 Å². The molecule has 4 rings (SSSR count). The lowest BCUT2D eigenvalue weighted by Crippen LogP contribution is -2.49. The molecule has 0 aliphatic carbocycles. The molecule has 0 N–H and O–H groups in total. The van der Waals surface area contributed by atoms with Gasteiger partial charge in [0.1, 0.15) is 12.2 Å². The number of hydrogen-bond acceptors (Lipinski definition) is 5. The smallest absolute Gasteiger partial charge is 0.320 e. The number of carbonyl (C=O) groups is 2. The van der Waals surface area contributed by atoms with E-state index in [9.17, 15) is 9.59 Å². The molecule has 0 radical (unpaired) electrons. The van der Waals surface area contributed by atoms with Crippen molar-refractivity contribution < 1.29 is 19.1 Å². The Bertz CT molecular complexity index is 1340. The van der Waals surface area contributed by atoms with Crippen molar-refractivity contribution in [2.75, 3.05) is 40.9 Å². The van der Waals surface area contributed by atoms with Crippen LogP contribution in [0.25, 0.3) is 11.0 Å². The first-order chi connectivity index (χ1) is 19.2. The highest BCUT2D eigenvalue weighted by Crippen LogP contribution is 2.34. The number of unbranched alkanes of at least 4 members (excludes halogenated alkanes) is 2. The summed E-state index contributed by atoms with van der Waals surface area (Å²) in [4.78, 5) is 35.8. The second-order valence-electron chi connectivity index (χ2n) is 10.5. The third-order valence-corrected chi connectivity index (χ3v) is 7.74. The average Bonchev–Trinajstić information content (AvgIpc) is 3.27. The first-order valence-corrected chi connectivity index (χ1v) is 14.3. The summed E-state index contributed by atoms with van der Waals surface area (Å²) in [6.45, 7) is 6.73. The molecule has 9 nitrogen and oxygen atoms in total. The number of benzene rings is 1. The van der Waals surface area contributed by atoms with Crippen molar-refractivity contribution in [1.82, 2.24) is 24.3 Å². The first kappa shape index (κ1) is 29.5. The molecule has 3 amide bonds. The predicted octanol–water partition coefficient (Wildman–Crippen LogP) is 5.74. The van der Waals surface area contributed by atoms with E-state index in [0.717, 1.165) is 47.9 Å². The number of amides is 3. The number of rotatable bonds is 12. The summed E-state index contributed by atoms with van der Waals surface area (Å²) in [5, 5.41) is 1.29. The molecule has 0 spiro atoms. The van der Waals surface area contributed by atoms with Crippen molar-refractivity contribution in [1.29, 1.82) is 0 Å². The molecule has 3 heterocycles. The van der Waals surface area contributed by atoms with E-state index < -0.39 is 0 Å². The van der Waals surface area contributed by atoms with E-state index in [0.29, 0.717) is 42.7 Å². The number of hydrogen-bond donors (Lipinski definition) is 0. The zero-order valence-electron chi connectivity index (χ0n) is 24.2. The predicted molar refractivity (Wildman–Crippen MR) is 157 cm³/mol. The van der Waals surface area contributed by atoms with Gasteiger partial charge in [-0.1, -0.05) is 37.4 Å². The van der Waals surface area contributed by atoms with Crippen LogP contribution >= 0.6 is 11.6 Å². The lowest BCUT2D eigenvalue weighted by molar-refractivity contribution is -0.129. The van der Waals surface area contributed by atoms with Gasteiger partial charge >= 0.3 is 6.03 Å². The summed E-state index contributed by atoms with van der Waals surface area (Å²) in [5.74, 6) is 1.34. The Morgan fingerprint density at radius 1 is 1.18 bits per heavy atom. The highest BCUT2D eigenvalue weighted by molar-refractivity contribution is 6.35. The Morgan fingerprint density at radius 2 is 1.98 bits per heavy atom. The largest absolute Gasteiger partial charge is 0.493 e. The van der Waals surface area contributed by atoms with Gasteiger partial charge in [0, 0.05) is 51.5 Å². The van der Waals surface area contributed by atoms with Gasteiger partial charge in [0.15, 0.2) is 11.5 Å². The molecule has 3 aromatic rings. The molecule has 1 saturated heterocycles. The monoisotopic (exact) mass is 569 g/mol. The molecular weight excluding hydrogens is 530 g/mol.